The molecule has 3 aromatic rings. The SMILES string of the molecule is Cc1ccc(C(=O)Cn2cccc2C(=O)c2ccc(F)cc2)cc1. The molecule has 0 atom stereocenters. The van der Waals surface area contributed by atoms with Gasteiger partial charge in [0, 0.05) is 17.3 Å². The Labute approximate surface area is 139 Å². The van der Waals surface area contributed by atoms with Crippen LogP contribution in [0, 0.1) is 12.7 Å². The van der Waals surface area contributed by atoms with Crippen LogP contribution in [0.3, 0.4) is 0 Å². The van der Waals surface area contributed by atoms with Crippen molar-refractivity contribution >= 4 is 11.6 Å². The third kappa shape index (κ3) is 3.33. The maximum absolute atomic E-state index is 13.0. The normalized spacial score (nSPS) is 10.6. The molecule has 24 heavy (non-hydrogen) atoms. The smallest absolute Gasteiger partial charge is 0.209 e. The van der Waals surface area contributed by atoms with Crippen LogP contribution in [0.5, 0.6) is 0 Å². The molecule has 0 aliphatic heterocycles. The number of carbonyl (C=O) groups is 2. The van der Waals surface area contributed by atoms with E-state index in [9.17, 15) is 14.0 Å². The summed E-state index contributed by atoms with van der Waals surface area (Å²) in [4.78, 5) is 24.9. The molecule has 0 amide bonds. The van der Waals surface area contributed by atoms with Gasteiger partial charge in [-0.2, -0.15) is 0 Å². The van der Waals surface area contributed by atoms with Crippen LogP contribution in [-0.2, 0) is 6.54 Å². The van der Waals surface area contributed by atoms with E-state index in [0.29, 0.717) is 16.8 Å². The molecule has 0 N–H and O–H groups in total. The van der Waals surface area contributed by atoms with Crippen LogP contribution >= 0.6 is 0 Å². The largest absolute Gasteiger partial charge is 0.337 e. The topological polar surface area (TPSA) is 39.1 Å². The zero-order valence-electron chi connectivity index (χ0n) is 13.2. The first kappa shape index (κ1) is 15.9. The summed E-state index contributed by atoms with van der Waals surface area (Å²) in [5.41, 5.74) is 2.48. The highest BCUT2D eigenvalue weighted by molar-refractivity contribution is 6.08. The van der Waals surface area contributed by atoms with E-state index in [1.54, 1.807) is 35.0 Å². The Hall–Kier alpha value is -3.01. The van der Waals surface area contributed by atoms with Crippen molar-refractivity contribution in [3.05, 3.63) is 95.1 Å². The number of Topliss-reactive ketones (excluding diaryl/α,β-unsaturated/α-hetero) is 1. The summed E-state index contributed by atoms with van der Waals surface area (Å²) >= 11 is 0. The molecule has 0 radical (unpaired) electrons. The van der Waals surface area contributed by atoms with Crippen LogP contribution in [0.1, 0.15) is 32.0 Å². The molecule has 120 valence electrons. The molecule has 0 fully saturated rings. The van der Waals surface area contributed by atoms with Crippen molar-refractivity contribution in [3.8, 4) is 0 Å². The van der Waals surface area contributed by atoms with Crippen molar-refractivity contribution in [3.63, 3.8) is 0 Å². The molecule has 3 nitrogen and oxygen atoms in total. The first-order chi connectivity index (χ1) is 11.5. The molecular formula is C20H16FNO2. The van der Waals surface area contributed by atoms with Gasteiger partial charge in [-0.15, -0.1) is 0 Å². The maximum atomic E-state index is 13.0. The van der Waals surface area contributed by atoms with E-state index >= 15 is 0 Å². The van der Waals surface area contributed by atoms with E-state index in [1.165, 1.54) is 24.3 Å². The van der Waals surface area contributed by atoms with E-state index in [4.69, 9.17) is 0 Å². The van der Waals surface area contributed by atoms with E-state index < -0.39 is 5.82 Å². The highest BCUT2D eigenvalue weighted by Gasteiger charge is 2.16. The van der Waals surface area contributed by atoms with Gasteiger partial charge in [0.15, 0.2) is 5.78 Å². The third-order valence-electron chi connectivity index (χ3n) is 3.86. The number of hydrogen-bond acceptors (Lipinski definition) is 2. The Morgan fingerprint density at radius 1 is 0.917 bits per heavy atom. The predicted molar refractivity (Wildman–Crippen MR) is 89.8 cm³/mol. The van der Waals surface area contributed by atoms with Crippen molar-refractivity contribution in [2.24, 2.45) is 0 Å². The van der Waals surface area contributed by atoms with Gasteiger partial charge in [0.25, 0.3) is 0 Å². The number of ketones is 2. The Morgan fingerprint density at radius 3 is 2.21 bits per heavy atom. The fourth-order valence-corrected chi connectivity index (χ4v) is 2.49. The van der Waals surface area contributed by atoms with Crippen LogP contribution in [0.15, 0.2) is 66.9 Å². The first-order valence-corrected chi connectivity index (χ1v) is 7.60. The molecule has 1 heterocycles. The van der Waals surface area contributed by atoms with Crippen LogP contribution < -0.4 is 0 Å². The van der Waals surface area contributed by atoms with Crippen molar-refractivity contribution in [1.82, 2.24) is 4.57 Å². The van der Waals surface area contributed by atoms with Gasteiger partial charge in [-0.3, -0.25) is 9.59 Å². The zero-order chi connectivity index (χ0) is 17.1. The van der Waals surface area contributed by atoms with Gasteiger partial charge in [0.2, 0.25) is 5.78 Å². The van der Waals surface area contributed by atoms with E-state index in [-0.39, 0.29) is 18.1 Å². The van der Waals surface area contributed by atoms with Crippen LogP contribution in [0.4, 0.5) is 4.39 Å². The van der Waals surface area contributed by atoms with Gasteiger partial charge in [-0.1, -0.05) is 29.8 Å². The number of carbonyl (C=O) groups excluding carboxylic acids is 2. The van der Waals surface area contributed by atoms with Crippen LogP contribution in [0.25, 0.3) is 0 Å². The number of benzene rings is 2. The van der Waals surface area contributed by atoms with E-state index in [0.717, 1.165) is 5.56 Å². The van der Waals surface area contributed by atoms with Crippen molar-refractivity contribution in [2.75, 3.05) is 0 Å². The van der Waals surface area contributed by atoms with E-state index in [2.05, 4.69) is 0 Å². The lowest BCUT2D eigenvalue weighted by Gasteiger charge is -2.08. The number of aromatic nitrogens is 1. The molecular weight excluding hydrogens is 305 g/mol. The second-order valence-electron chi connectivity index (χ2n) is 5.65. The number of rotatable bonds is 5. The van der Waals surface area contributed by atoms with Crippen molar-refractivity contribution < 1.29 is 14.0 Å². The van der Waals surface area contributed by atoms with Crippen LogP contribution in [0.2, 0.25) is 0 Å². The minimum atomic E-state index is -0.392. The predicted octanol–water partition coefficient (Wildman–Crippen LogP) is 4.05. The Bertz CT molecular complexity index is 877. The summed E-state index contributed by atoms with van der Waals surface area (Å²) in [5.74, 6) is -0.701. The molecule has 3 rings (SSSR count). The molecule has 0 spiro atoms. The monoisotopic (exact) mass is 321 g/mol. The van der Waals surface area contributed by atoms with Gasteiger partial charge in [-0.25, -0.2) is 4.39 Å². The Morgan fingerprint density at radius 2 is 1.54 bits per heavy atom. The highest BCUT2D eigenvalue weighted by Crippen LogP contribution is 2.13. The standard InChI is InChI=1S/C20H16FNO2/c1-14-4-6-15(7-5-14)19(23)13-22-12-2-3-18(22)20(24)16-8-10-17(21)11-9-16/h2-12H,13H2,1H3. The molecule has 0 aliphatic rings. The van der Waals surface area contributed by atoms with Gasteiger partial charge in [0.05, 0.1) is 12.2 Å². The second kappa shape index (κ2) is 6.62. The molecule has 0 saturated heterocycles. The van der Waals surface area contributed by atoms with Gasteiger partial charge >= 0.3 is 0 Å². The summed E-state index contributed by atoms with van der Waals surface area (Å²) in [5, 5.41) is 0. The molecule has 0 saturated carbocycles. The second-order valence-corrected chi connectivity index (χ2v) is 5.65. The minimum absolute atomic E-state index is 0.0700. The highest BCUT2D eigenvalue weighted by atomic mass is 19.1. The van der Waals surface area contributed by atoms with Gasteiger partial charge in [0.1, 0.15) is 5.82 Å². The van der Waals surface area contributed by atoms with Crippen LogP contribution in [-0.4, -0.2) is 16.1 Å². The zero-order valence-corrected chi connectivity index (χ0v) is 13.2. The van der Waals surface area contributed by atoms with Gasteiger partial charge in [-0.05, 0) is 43.3 Å². The molecule has 0 aliphatic carbocycles. The lowest BCUT2D eigenvalue weighted by molar-refractivity contribution is 0.0968. The Kier molecular flexibility index (Phi) is 4.38. The summed E-state index contributed by atoms with van der Waals surface area (Å²) < 4.78 is 14.6. The maximum Gasteiger partial charge on any atom is 0.209 e. The van der Waals surface area contributed by atoms with E-state index in [1.807, 2.05) is 19.1 Å². The third-order valence-corrected chi connectivity index (χ3v) is 3.86. The molecule has 4 heteroatoms. The lowest BCUT2D eigenvalue weighted by atomic mass is 10.1. The summed E-state index contributed by atoms with van der Waals surface area (Å²) in [7, 11) is 0. The molecule has 0 unspecified atom stereocenters. The number of nitrogens with zero attached hydrogens (tertiary/aromatic N) is 1. The fraction of sp³-hybridized carbons (Fsp3) is 0.100. The number of hydrogen-bond donors (Lipinski definition) is 0. The number of aryl methyl sites for hydroxylation is 1. The molecule has 0 bridgehead atoms. The summed E-state index contributed by atoms with van der Waals surface area (Å²) in [6.07, 6.45) is 1.70. The average Bonchev–Trinajstić information content (AvgIpc) is 3.03. The summed E-state index contributed by atoms with van der Waals surface area (Å²) in [6.45, 7) is 2.04. The number of halogens is 1. The minimum Gasteiger partial charge on any atom is -0.337 e. The first-order valence-electron chi connectivity index (χ1n) is 7.60. The molecule has 2 aromatic carbocycles. The lowest BCUT2D eigenvalue weighted by Crippen LogP contribution is -2.15. The fourth-order valence-electron chi connectivity index (χ4n) is 2.49. The van der Waals surface area contributed by atoms with Crippen molar-refractivity contribution in [2.45, 2.75) is 13.5 Å². The average molecular weight is 321 g/mol. The summed E-state index contributed by atoms with van der Waals surface area (Å²) in [6, 6.07) is 16.1. The molecule has 1 aromatic heterocycles. The quantitative estimate of drug-likeness (QED) is 0.665. The van der Waals surface area contributed by atoms with Gasteiger partial charge < -0.3 is 4.57 Å². The Balaban J connectivity index is 1.82. The van der Waals surface area contributed by atoms with Crippen molar-refractivity contribution in [1.29, 1.82) is 0 Å².